The fourth-order valence-electron chi connectivity index (χ4n) is 4.84. The number of likely N-dealkylation sites (tertiary alicyclic amines) is 1. The first kappa shape index (κ1) is 25.1. The number of aromatic nitrogens is 4. The van der Waals surface area contributed by atoms with Gasteiger partial charge >= 0.3 is 6.01 Å². The fourth-order valence-corrected chi connectivity index (χ4v) is 4.84. The molecule has 9 nitrogen and oxygen atoms in total. The summed E-state index contributed by atoms with van der Waals surface area (Å²) in [6.07, 6.45) is 7.54. The zero-order chi connectivity index (χ0) is 26.5. The predicted molar refractivity (Wildman–Crippen MR) is 138 cm³/mol. The van der Waals surface area contributed by atoms with E-state index in [1.165, 1.54) is 19.4 Å². The molecule has 1 aliphatic heterocycles. The maximum atomic E-state index is 14.7. The summed E-state index contributed by atoms with van der Waals surface area (Å²) in [5, 5.41) is 18.2. The van der Waals surface area contributed by atoms with Gasteiger partial charge in [0.15, 0.2) is 11.5 Å². The van der Waals surface area contributed by atoms with Crippen LogP contribution in [-0.2, 0) is 0 Å². The molecule has 1 aliphatic rings. The highest BCUT2D eigenvalue weighted by atomic mass is 19.1. The number of nitriles is 2. The van der Waals surface area contributed by atoms with Crippen molar-refractivity contribution >= 4 is 5.65 Å². The van der Waals surface area contributed by atoms with Crippen LogP contribution in [-0.4, -0.2) is 57.6 Å². The van der Waals surface area contributed by atoms with Crippen LogP contribution in [0.25, 0.3) is 28.0 Å². The first-order chi connectivity index (χ1) is 18.6. The Morgan fingerprint density at radius 1 is 1.16 bits per heavy atom. The fraction of sp³-hybridized carbons (Fsp3) is 0.321. The highest BCUT2D eigenvalue weighted by Gasteiger charge is 2.24. The minimum absolute atomic E-state index is 0.0998. The Labute approximate surface area is 219 Å². The van der Waals surface area contributed by atoms with E-state index in [1.54, 1.807) is 41.1 Å². The highest BCUT2D eigenvalue weighted by molar-refractivity contribution is 5.90. The lowest BCUT2D eigenvalue weighted by molar-refractivity contribution is 0.126. The topological polar surface area (TPSA) is 112 Å². The number of fused-ring (bicyclic) bond motifs is 1. The summed E-state index contributed by atoms with van der Waals surface area (Å²) in [7, 11) is 1.36. The summed E-state index contributed by atoms with van der Waals surface area (Å²) in [6, 6.07) is 13.1. The number of benzene rings is 1. The second-order valence-electron chi connectivity index (χ2n) is 9.17. The molecule has 1 atom stereocenters. The van der Waals surface area contributed by atoms with Crippen molar-refractivity contribution in [1.29, 1.82) is 10.5 Å². The molecule has 1 saturated heterocycles. The van der Waals surface area contributed by atoms with Gasteiger partial charge in [-0.25, -0.2) is 14.4 Å². The molecule has 1 fully saturated rings. The van der Waals surface area contributed by atoms with E-state index in [1.807, 2.05) is 0 Å². The number of nitrogens with zero attached hydrogens (tertiary/aromatic N) is 7. The van der Waals surface area contributed by atoms with Crippen molar-refractivity contribution < 1.29 is 13.9 Å². The van der Waals surface area contributed by atoms with Gasteiger partial charge in [0.2, 0.25) is 5.88 Å². The largest absolute Gasteiger partial charge is 0.479 e. The molecule has 0 bridgehead atoms. The number of imidazole rings is 1. The van der Waals surface area contributed by atoms with Gasteiger partial charge in [0, 0.05) is 55.1 Å². The molecule has 10 heteroatoms. The average molecular weight is 512 g/mol. The van der Waals surface area contributed by atoms with Crippen LogP contribution in [0.2, 0.25) is 0 Å². The molecule has 0 N–H and O–H groups in total. The van der Waals surface area contributed by atoms with Gasteiger partial charge in [-0.3, -0.25) is 4.40 Å². The van der Waals surface area contributed by atoms with E-state index in [2.05, 4.69) is 27.0 Å². The Hall–Kier alpha value is -4.54. The monoisotopic (exact) mass is 511 g/mol. The Morgan fingerprint density at radius 2 is 2.00 bits per heavy atom. The summed E-state index contributed by atoms with van der Waals surface area (Å²) in [6.45, 7) is 3.09. The standard InChI is InChI=1S/C28H26FN7O2/c1-37-27-23(29)14-22(16-33-27)24-25(21-7-5-19(15-31)6-8-21)34-28(36-13-10-32-26(24)36)38-18-20-4-2-11-35(17-20)12-3-9-30/h5-8,10,13-14,16,20H,2-4,11-12,17-18H2,1H3/t20-/m1/s1. The molecule has 0 unspecified atom stereocenters. The number of ether oxygens (including phenoxy) is 2. The number of halogens is 1. The van der Waals surface area contributed by atoms with E-state index in [0.717, 1.165) is 38.0 Å². The molecule has 0 spiro atoms. The molecule has 0 aliphatic carbocycles. The summed E-state index contributed by atoms with van der Waals surface area (Å²) in [4.78, 5) is 15.9. The normalized spacial score (nSPS) is 15.6. The lowest BCUT2D eigenvalue weighted by Crippen LogP contribution is -2.38. The molecule has 4 aromatic rings. The van der Waals surface area contributed by atoms with E-state index >= 15 is 0 Å². The Morgan fingerprint density at radius 3 is 2.74 bits per heavy atom. The van der Waals surface area contributed by atoms with Crippen molar-refractivity contribution in [3.63, 3.8) is 0 Å². The highest BCUT2D eigenvalue weighted by Crippen LogP contribution is 2.37. The molecule has 4 heterocycles. The summed E-state index contributed by atoms with van der Waals surface area (Å²) in [5.74, 6) is -0.392. The second kappa shape index (κ2) is 11.2. The van der Waals surface area contributed by atoms with Crippen molar-refractivity contribution in [3.8, 4) is 46.4 Å². The molecule has 0 radical (unpaired) electrons. The SMILES string of the molecule is COc1ncc(-c2c(-c3ccc(C#N)cc3)nc(OC[C@@H]3CCCN(CCC#N)C3)n3ccnc23)cc1F. The number of methoxy groups -OCH3 is 1. The quantitative estimate of drug-likeness (QED) is 0.340. The predicted octanol–water partition coefficient (Wildman–Crippen LogP) is 4.48. The maximum Gasteiger partial charge on any atom is 0.302 e. The third-order valence-electron chi connectivity index (χ3n) is 6.68. The smallest absolute Gasteiger partial charge is 0.302 e. The van der Waals surface area contributed by atoms with Crippen molar-refractivity contribution in [2.24, 2.45) is 5.92 Å². The molecule has 0 saturated carbocycles. The maximum absolute atomic E-state index is 14.7. The molecule has 5 rings (SSSR count). The molecular formula is C28H26FN7O2. The third kappa shape index (κ3) is 5.13. The molecule has 192 valence electrons. The summed E-state index contributed by atoms with van der Waals surface area (Å²) >= 11 is 0. The summed E-state index contributed by atoms with van der Waals surface area (Å²) < 4.78 is 27.7. The third-order valence-corrected chi connectivity index (χ3v) is 6.68. The lowest BCUT2D eigenvalue weighted by Gasteiger charge is -2.31. The number of hydrogen-bond acceptors (Lipinski definition) is 8. The van der Waals surface area contributed by atoms with E-state index in [0.29, 0.717) is 53.0 Å². The number of piperidine rings is 1. The van der Waals surface area contributed by atoms with Crippen molar-refractivity contribution in [2.75, 3.05) is 33.4 Å². The Bertz CT molecular complexity index is 1520. The van der Waals surface area contributed by atoms with Crippen LogP contribution in [0.5, 0.6) is 11.9 Å². The van der Waals surface area contributed by atoms with Crippen LogP contribution >= 0.6 is 0 Å². The van der Waals surface area contributed by atoms with Gasteiger partial charge in [0.1, 0.15) is 0 Å². The number of hydrogen-bond donors (Lipinski definition) is 0. The van der Waals surface area contributed by atoms with Gasteiger partial charge in [-0.15, -0.1) is 0 Å². The average Bonchev–Trinajstić information content (AvgIpc) is 3.45. The van der Waals surface area contributed by atoms with Crippen LogP contribution in [0.1, 0.15) is 24.8 Å². The van der Waals surface area contributed by atoms with Crippen molar-refractivity contribution in [1.82, 2.24) is 24.3 Å². The minimum atomic E-state index is -0.598. The summed E-state index contributed by atoms with van der Waals surface area (Å²) in [5.41, 5.74) is 3.39. The van der Waals surface area contributed by atoms with E-state index in [4.69, 9.17) is 19.7 Å². The van der Waals surface area contributed by atoms with E-state index in [9.17, 15) is 9.65 Å². The van der Waals surface area contributed by atoms with E-state index in [-0.39, 0.29) is 5.88 Å². The van der Waals surface area contributed by atoms with Gasteiger partial charge in [0.25, 0.3) is 0 Å². The van der Waals surface area contributed by atoms with Gasteiger partial charge in [-0.05, 0) is 37.6 Å². The number of pyridine rings is 1. The van der Waals surface area contributed by atoms with Crippen molar-refractivity contribution in [3.05, 3.63) is 60.3 Å². The molecule has 38 heavy (non-hydrogen) atoms. The lowest BCUT2D eigenvalue weighted by atomic mass is 9.99. The van der Waals surface area contributed by atoms with Gasteiger partial charge in [0.05, 0.1) is 42.7 Å². The van der Waals surface area contributed by atoms with Crippen LogP contribution in [0.15, 0.2) is 48.9 Å². The minimum Gasteiger partial charge on any atom is -0.479 e. The van der Waals surface area contributed by atoms with Crippen LogP contribution in [0.4, 0.5) is 4.39 Å². The first-order valence-corrected chi connectivity index (χ1v) is 12.4. The second-order valence-corrected chi connectivity index (χ2v) is 9.17. The van der Waals surface area contributed by atoms with Crippen LogP contribution < -0.4 is 9.47 Å². The Kier molecular flexibility index (Phi) is 7.43. The van der Waals surface area contributed by atoms with Gasteiger partial charge < -0.3 is 14.4 Å². The van der Waals surface area contributed by atoms with Crippen LogP contribution in [0, 0.1) is 34.4 Å². The Balaban J connectivity index is 1.55. The first-order valence-electron chi connectivity index (χ1n) is 12.4. The zero-order valence-corrected chi connectivity index (χ0v) is 21.0. The van der Waals surface area contributed by atoms with Gasteiger partial charge in [-0.1, -0.05) is 12.1 Å². The van der Waals surface area contributed by atoms with Gasteiger partial charge in [-0.2, -0.15) is 15.5 Å². The molecular weight excluding hydrogens is 485 g/mol. The van der Waals surface area contributed by atoms with E-state index < -0.39 is 5.82 Å². The molecule has 1 aromatic carbocycles. The van der Waals surface area contributed by atoms with Crippen molar-refractivity contribution in [2.45, 2.75) is 19.3 Å². The number of rotatable bonds is 8. The zero-order valence-electron chi connectivity index (χ0n) is 21.0. The molecule has 3 aromatic heterocycles. The molecule has 0 amide bonds. The van der Waals surface area contributed by atoms with Crippen LogP contribution in [0.3, 0.4) is 0 Å².